The van der Waals surface area contributed by atoms with Crippen LogP contribution < -0.4 is 5.32 Å². The summed E-state index contributed by atoms with van der Waals surface area (Å²) in [7, 11) is 1.34. The normalized spacial score (nSPS) is 19.5. The van der Waals surface area contributed by atoms with Crippen LogP contribution in [0.4, 0.5) is 13.6 Å². The molecule has 1 saturated heterocycles. The second-order valence-electron chi connectivity index (χ2n) is 5.10. The number of hydrogen-bond donors (Lipinski definition) is 1. The third-order valence-corrected chi connectivity index (χ3v) is 2.98. The lowest BCUT2D eigenvalue weighted by atomic mass is 10.0. The van der Waals surface area contributed by atoms with Gasteiger partial charge in [-0.25, -0.2) is 13.6 Å². The van der Waals surface area contributed by atoms with Gasteiger partial charge in [-0.15, -0.1) is 0 Å². The molecule has 0 aliphatic carbocycles. The number of halogens is 2. The minimum Gasteiger partial charge on any atom is -0.348 e. The number of carbonyl (C=O) groups is 1. The number of nitrogens with one attached hydrogen (secondary N) is 1. The Morgan fingerprint density at radius 3 is 2.53 bits per heavy atom. The van der Waals surface area contributed by atoms with E-state index in [0.717, 1.165) is 4.90 Å². The van der Waals surface area contributed by atoms with Crippen LogP contribution in [0.1, 0.15) is 20.3 Å². The van der Waals surface area contributed by atoms with E-state index in [1.54, 1.807) is 0 Å². The highest BCUT2D eigenvalue weighted by atomic mass is 19.3. The highest BCUT2D eigenvalue weighted by molar-refractivity contribution is 5.73. The van der Waals surface area contributed by atoms with Crippen molar-refractivity contribution in [3.63, 3.8) is 0 Å². The first-order valence-corrected chi connectivity index (χ1v) is 6.37. The van der Waals surface area contributed by atoms with Crippen LogP contribution in [-0.2, 0) is 9.47 Å². The monoisotopic (exact) mass is 280 g/mol. The van der Waals surface area contributed by atoms with Gasteiger partial charge in [-0.2, -0.15) is 0 Å². The zero-order valence-electron chi connectivity index (χ0n) is 11.6. The van der Waals surface area contributed by atoms with Gasteiger partial charge in [-0.3, -0.25) is 0 Å². The van der Waals surface area contributed by atoms with Crippen molar-refractivity contribution in [2.24, 2.45) is 5.92 Å². The third kappa shape index (κ3) is 5.69. The fourth-order valence-electron chi connectivity index (χ4n) is 2.07. The number of hydrogen-bond acceptors (Lipinski definition) is 3. The summed E-state index contributed by atoms with van der Waals surface area (Å²) in [6.07, 6.45) is -1.88. The predicted octanol–water partition coefficient (Wildman–Crippen LogP) is 1.68. The van der Waals surface area contributed by atoms with E-state index in [9.17, 15) is 13.6 Å². The summed E-state index contributed by atoms with van der Waals surface area (Å²) < 4.78 is 35.2. The van der Waals surface area contributed by atoms with Crippen molar-refractivity contribution in [1.82, 2.24) is 10.2 Å². The van der Waals surface area contributed by atoms with Gasteiger partial charge in [0.1, 0.15) is 0 Å². The predicted molar refractivity (Wildman–Crippen MR) is 66.1 cm³/mol. The summed E-state index contributed by atoms with van der Waals surface area (Å²) in [5, 5.41) is 2.62. The van der Waals surface area contributed by atoms with Crippen molar-refractivity contribution in [3.8, 4) is 0 Å². The summed E-state index contributed by atoms with van der Waals surface area (Å²) in [6.45, 7) is 4.79. The molecular weight excluding hydrogens is 258 g/mol. The van der Waals surface area contributed by atoms with E-state index in [1.165, 1.54) is 7.05 Å². The van der Waals surface area contributed by atoms with Crippen molar-refractivity contribution in [1.29, 1.82) is 0 Å². The number of rotatable bonds is 6. The van der Waals surface area contributed by atoms with Crippen molar-refractivity contribution in [2.45, 2.75) is 32.5 Å². The molecule has 0 radical (unpaired) electrons. The summed E-state index contributed by atoms with van der Waals surface area (Å²) in [5.74, 6) is -0.467. The molecule has 1 aliphatic heterocycles. The maximum Gasteiger partial charge on any atom is 0.317 e. The Bertz CT molecular complexity index is 297. The minimum absolute atomic E-state index is 0.131. The standard InChI is InChI=1S/C12H22F2N2O3/c1-9(6-12(2)18-4-5-19-12)7-15-11(17)16(3)8-10(13)14/h9-10H,4-8H2,1-3H3,(H,15,17)/t9-/m1/s1. The molecule has 0 saturated carbocycles. The molecular formula is C12H22F2N2O3. The van der Waals surface area contributed by atoms with E-state index in [1.807, 2.05) is 13.8 Å². The summed E-state index contributed by atoms with van der Waals surface area (Å²) >= 11 is 0. The van der Waals surface area contributed by atoms with Crippen LogP contribution >= 0.6 is 0 Å². The quantitative estimate of drug-likeness (QED) is 0.805. The Morgan fingerprint density at radius 1 is 1.42 bits per heavy atom. The van der Waals surface area contributed by atoms with Gasteiger partial charge in [0.25, 0.3) is 6.43 Å². The SMILES string of the molecule is C[C@@H](CNC(=O)N(C)CC(F)F)CC1(C)OCCO1. The van der Waals surface area contributed by atoms with Gasteiger partial charge in [-0.1, -0.05) is 6.92 Å². The first kappa shape index (κ1) is 16.1. The molecule has 0 aromatic carbocycles. The van der Waals surface area contributed by atoms with Gasteiger partial charge in [0.2, 0.25) is 0 Å². The molecule has 1 N–H and O–H groups in total. The molecule has 1 atom stereocenters. The molecule has 2 amide bonds. The van der Waals surface area contributed by atoms with Gasteiger partial charge in [0, 0.05) is 20.0 Å². The number of ether oxygens (including phenoxy) is 2. The smallest absolute Gasteiger partial charge is 0.317 e. The second-order valence-corrected chi connectivity index (χ2v) is 5.10. The Balaban J connectivity index is 2.25. The van der Waals surface area contributed by atoms with E-state index in [-0.39, 0.29) is 5.92 Å². The second kappa shape index (κ2) is 7.00. The summed E-state index contributed by atoms with van der Waals surface area (Å²) in [6, 6.07) is -0.495. The first-order chi connectivity index (χ1) is 8.82. The van der Waals surface area contributed by atoms with Crippen molar-refractivity contribution in [2.75, 3.05) is 33.4 Å². The van der Waals surface area contributed by atoms with Crippen molar-refractivity contribution in [3.05, 3.63) is 0 Å². The molecule has 0 unspecified atom stereocenters. The van der Waals surface area contributed by atoms with Crippen LogP contribution in [0.5, 0.6) is 0 Å². The van der Waals surface area contributed by atoms with E-state index in [0.29, 0.717) is 26.2 Å². The van der Waals surface area contributed by atoms with Crippen molar-refractivity contribution < 1.29 is 23.0 Å². The number of urea groups is 1. The van der Waals surface area contributed by atoms with Gasteiger partial charge in [0.15, 0.2) is 5.79 Å². The third-order valence-electron chi connectivity index (χ3n) is 2.98. The van der Waals surface area contributed by atoms with E-state index in [2.05, 4.69) is 5.32 Å². The molecule has 1 aliphatic rings. The Hall–Kier alpha value is -0.950. The maximum atomic E-state index is 12.1. The first-order valence-electron chi connectivity index (χ1n) is 6.37. The van der Waals surface area contributed by atoms with Gasteiger partial charge in [0.05, 0.1) is 19.8 Å². The Labute approximate surface area is 112 Å². The summed E-state index contributed by atoms with van der Waals surface area (Å²) in [4.78, 5) is 12.5. The molecule has 112 valence electrons. The number of carbonyl (C=O) groups excluding carboxylic acids is 1. The fourth-order valence-corrected chi connectivity index (χ4v) is 2.07. The average molecular weight is 280 g/mol. The molecule has 0 spiro atoms. The number of alkyl halides is 2. The van der Waals surface area contributed by atoms with E-state index < -0.39 is 24.8 Å². The van der Waals surface area contributed by atoms with E-state index in [4.69, 9.17) is 9.47 Å². The lowest BCUT2D eigenvalue weighted by molar-refractivity contribution is -0.153. The van der Waals surface area contributed by atoms with Crippen LogP contribution in [0.2, 0.25) is 0 Å². The fraction of sp³-hybridized carbons (Fsp3) is 0.917. The molecule has 7 heteroatoms. The highest BCUT2D eigenvalue weighted by Gasteiger charge is 2.32. The Morgan fingerprint density at radius 2 is 2.00 bits per heavy atom. The van der Waals surface area contributed by atoms with Gasteiger partial charge >= 0.3 is 6.03 Å². The average Bonchev–Trinajstić information content (AvgIpc) is 2.71. The maximum absolute atomic E-state index is 12.1. The number of amides is 2. The molecule has 0 bridgehead atoms. The molecule has 0 aromatic heterocycles. The molecule has 0 aromatic rings. The molecule has 5 nitrogen and oxygen atoms in total. The van der Waals surface area contributed by atoms with Crippen LogP contribution in [0.25, 0.3) is 0 Å². The largest absolute Gasteiger partial charge is 0.348 e. The Kier molecular flexibility index (Phi) is 5.93. The van der Waals surface area contributed by atoms with Crippen LogP contribution in [0.3, 0.4) is 0 Å². The topological polar surface area (TPSA) is 50.8 Å². The molecule has 1 rings (SSSR count). The number of nitrogens with zero attached hydrogens (tertiary/aromatic N) is 1. The molecule has 1 heterocycles. The lowest BCUT2D eigenvalue weighted by Gasteiger charge is -2.26. The zero-order valence-corrected chi connectivity index (χ0v) is 11.6. The van der Waals surface area contributed by atoms with Crippen LogP contribution in [0.15, 0.2) is 0 Å². The highest BCUT2D eigenvalue weighted by Crippen LogP contribution is 2.26. The lowest BCUT2D eigenvalue weighted by Crippen LogP contribution is -2.42. The van der Waals surface area contributed by atoms with Crippen LogP contribution in [-0.4, -0.2) is 56.5 Å². The minimum atomic E-state index is -2.52. The van der Waals surface area contributed by atoms with Gasteiger partial charge in [-0.05, 0) is 12.8 Å². The zero-order chi connectivity index (χ0) is 14.5. The van der Waals surface area contributed by atoms with Crippen molar-refractivity contribution >= 4 is 6.03 Å². The van der Waals surface area contributed by atoms with Gasteiger partial charge < -0.3 is 19.7 Å². The summed E-state index contributed by atoms with van der Waals surface area (Å²) in [5.41, 5.74) is 0. The molecule has 19 heavy (non-hydrogen) atoms. The molecule has 1 fully saturated rings. The van der Waals surface area contributed by atoms with Crippen LogP contribution in [0, 0.1) is 5.92 Å². The van der Waals surface area contributed by atoms with E-state index >= 15 is 0 Å².